The number of fused-ring (bicyclic) bond motifs is 9. The van der Waals surface area contributed by atoms with E-state index >= 15 is 0 Å². The maximum absolute atomic E-state index is 10.1. The Morgan fingerprint density at radius 2 is 0.686 bits per heavy atom. The first kappa shape index (κ1) is 11.6. The lowest BCUT2D eigenvalue weighted by Gasteiger charge is -2.12. The number of para-hydroxylation sites is 4. The zero-order valence-corrected chi connectivity index (χ0v) is 25.4. The van der Waals surface area contributed by atoms with Crippen LogP contribution in [0.25, 0.3) is 93.6 Å². The van der Waals surface area contributed by atoms with Crippen molar-refractivity contribution < 1.29 is 41.1 Å². The van der Waals surface area contributed by atoms with Gasteiger partial charge in [-0.25, -0.2) is 0 Å². The molecule has 3 heterocycles. The number of hydrogen-bond donors (Lipinski definition) is 0. The highest BCUT2D eigenvalue weighted by Crippen LogP contribution is 2.39. The molecule has 0 radical (unpaired) electrons. The van der Waals surface area contributed by atoms with Gasteiger partial charge in [0.25, 0.3) is 0 Å². The molecule has 0 unspecified atom stereocenters. The number of benzene rings is 8. The third-order valence-electron chi connectivity index (χ3n) is 8.46. The third-order valence-corrected chi connectivity index (χ3v) is 8.46. The van der Waals surface area contributed by atoms with Crippen molar-refractivity contribution in [2.45, 2.75) is 0 Å². The Labute approximate surface area is 336 Å². The van der Waals surface area contributed by atoms with Crippen LogP contribution in [0.3, 0.4) is 0 Å². The van der Waals surface area contributed by atoms with E-state index < -0.39 is 269 Å². The van der Waals surface area contributed by atoms with Gasteiger partial charge in [-0.1, -0.05) is 115 Å². The lowest BCUT2D eigenvalue weighted by atomic mass is 10.1. The molecule has 3 aromatic heterocycles. The molecule has 0 aliphatic carbocycles. The van der Waals surface area contributed by atoms with E-state index in [9.17, 15) is 15.1 Å². The second kappa shape index (κ2) is 10.8. The van der Waals surface area contributed by atoms with E-state index in [-0.39, 0.29) is 5.39 Å². The summed E-state index contributed by atoms with van der Waals surface area (Å²) in [6, 6.07) is -25.9. The van der Waals surface area contributed by atoms with Crippen molar-refractivity contribution >= 4 is 65.4 Å². The molecule has 238 valence electrons. The third kappa shape index (κ3) is 4.12. The van der Waals surface area contributed by atoms with Gasteiger partial charge in [-0.2, -0.15) is 0 Å². The predicted octanol–water partition coefficient (Wildman–Crippen LogP) is 12.6. The fourth-order valence-electron chi connectivity index (χ4n) is 6.37. The van der Waals surface area contributed by atoms with Crippen molar-refractivity contribution in [1.29, 1.82) is 0 Å². The predicted molar refractivity (Wildman–Crippen MR) is 215 cm³/mol. The summed E-state index contributed by atoms with van der Waals surface area (Å²) in [5.74, 6) is 0. The van der Waals surface area contributed by atoms with E-state index in [1.54, 1.807) is 0 Å². The topological polar surface area (TPSA) is 14.8 Å². The molecule has 0 saturated heterocycles. The van der Waals surface area contributed by atoms with Gasteiger partial charge in [-0.05, 0) is 83.7 Å². The molecule has 8 aromatic carbocycles. The van der Waals surface area contributed by atoms with Crippen LogP contribution >= 0.6 is 0 Å². The maximum atomic E-state index is 10.1. The van der Waals surface area contributed by atoms with Gasteiger partial charge in [0.15, 0.2) is 0 Å². The first-order chi connectivity index (χ1) is 37.8. The molecule has 0 aliphatic rings. The molecule has 0 fully saturated rings. The van der Waals surface area contributed by atoms with Crippen LogP contribution in [0.1, 0.15) is 41.1 Å². The summed E-state index contributed by atoms with van der Waals surface area (Å²) in [6.45, 7) is 0. The molecule has 0 saturated carbocycles. The zero-order valence-electron chi connectivity index (χ0n) is 55.4. The van der Waals surface area contributed by atoms with Gasteiger partial charge < -0.3 is 13.7 Å². The van der Waals surface area contributed by atoms with Gasteiger partial charge in [0.2, 0.25) is 0 Å². The molecule has 11 rings (SSSR count). The molecular weight excluding hydrogens is 619 g/mol. The van der Waals surface area contributed by atoms with E-state index in [1.165, 1.54) is 0 Å². The van der Waals surface area contributed by atoms with Crippen LogP contribution in [0.5, 0.6) is 0 Å². The minimum absolute atomic E-state index is 0.379. The monoisotopic (exact) mass is 679 g/mol. The van der Waals surface area contributed by atoms with E-state index in [2.05, 4.69) is 0 Å². The molecule has 0 amide bonds. The van der Waals surface area contributed by atoms with Crippen LogP contribution in [0, 0.1) is 0 Å². The number of rotatable bonds is 4. The average Bonchev–Trinajstić information content (AvgIpc) is 4.24. The van der Waals surface area contributed by atoms with Gasteiger partial charge in [0.1, 0.15) is 0 Å². The Bertz CT molecular complexity index is 4770. The average molecular weight is 680 g/mol. The molecule has 0 bridgehead atoms. The van der Waals surface area contributed by atoms with Gasteiger partial charge in [0, 0.05) is 49.4 Å². The summed E-state index contributed by atoms with van der Waals surface area (Å²) in [5.41, 5.74) is -7.32. The molecule has 0 spiro atoms. The Morgan fingerprint density at radius 1 is 0.275 bits per heavy atom. The summed E-state index contributed by atoms with van der Waals surface area (Å²) < 4.78 is 272. The van der Waals surface area contributed by atoms with Gasteiger partial charge >= 0.3 is 0 Å². The summed E-state index contributed by atoms with van der Waals surface area (Å²) in [7, 11) is 0. The lowest BCUT2D eigenvalue weighted by Crippen LogP contribution is -1.97. The zero-order chi connectivity index (χ0) is 59.6. The second-order valence-electron chi connectivity index (χ2n) is 11.1. The van der Waals surface area contributed by atoms with Crippen molar-refractivity contribution in [3.05, 3.63) is 187 Å². The summed E-state index contributed by atoms with van der Waals surface area (Å²) in [5, 5.41) is -2.94. The first-order valence-corrected chi connectivity index (χ1v) is 15.1. The van der Waals surface area contributed by atoms with Crippen molar-refractivity contribution in [2.75, 3.05) is 0 Å². The molecule has 0 aliphatic heterocycles. The van der Waals surface area contributed by atoms with Crippen molar-refractivity contribution in [1.82, 2.24) is 13.7 Å². The standard InChI is InChI=1S/C48H31N3/c1-2-13-32(14-3-1)33-15-12-16-34(29-33)49-45-23-10-6-19-39(45)41-31-36(26-27-47(41)49)51-46-24-11-7-20-40(46)42-30-35(25-28-48(42)51)50-43-21-8-4-17-37(43)38-18-5-9-22-44(38)50/h1-31H/i1D,2D,3D,4D,5D,6D,7D,8D,9D,10D,11D,12D,13D,14D,15D,16D,17D,18D,19D,20D,21D,22D,23D,24D,25D,26D,27D,28D,29D,31D. The highest BCUT2D eigenvalue weighted by atomic mass is 15.0. The molecular formula is C48H31N3. The van der Waals surface area contributed by atoms with Gasteiger partial charge in [-0.3, -0.25) is 0 Å². The molecule has 3 nitrogen and oxygen atoms in total. The Balaban J connectivity index is 1.36. The van der Waals surface area contributed by atoms with E-state index in [1.807, 2.05) is 0 Å². The first-order valence-electron chi connectivity index (χ1n) is 30.1. The SMILES string of the molecule is [2H]c1c([2H])c([2H])c(-c2c([2H])c([2H])c([2H])c(-n3c4c([2H])c([2H])c([2H])c([2H])c4c4c([2H])c(-n5c6c([2H])c([2H])c(-n7c8c([2H])c([2H])c([2H])c([2H])c8c8c([2H])c([2H])c([2H])c([2H])c87)cc6c6c([2H])c([2H])c([2H])c([2H])c65)c([2H])c([2H])c43)c2[2H])c([2H])c1[2H]. The number of aromatic nitrogens is 3. The molecule has 51 heavy (non-hydrogen) atoms. The fraction of sp³-hybridized carbons (Fsp3) is 0. The lowest BCUT2D eigenvalue weighted by molar-refractivity contribution is 1.16. The van der Waals surface area contributed by atoms with E-state index in [0.29, 0.717) is 4.57 Å². The van der Waals surface area contributed by atoms with Crippen molar-refractivity contribution in [3.8, 4) is 28.2 Å². The highest BCUT2D eigenvalue weighted by molar-refractivity contribution is 6.14. The number of nitrogens with zero attached hydrogens (tertiary/aromatic N) is 3. The van der Waals surface area contributed by atoms with E-state index in [0.717, 1.165) is 15.2 Å². The second-order valence-corrected chi connectivity index (χ2v) is 11.1. The fourth-order valence-corrected chi connectivity index (χ4v) is 6.37. The van der Waals surface area contributed by atoms with Gasteiger partial charge in [0.05, 0.1) is 74.2 Å². The summed E-state index contributed by atoms with van der Waals surface area (Å²) in [6.07, 6.45) is 0. The highest BCUT2D eigenvalue weighted by Gasteiger charge is 2.18. The Kier molecular flexibility index (Phi) is 2.47. The van der Waals surface area contributed by atoms with Crippen LogP contribution < -0.4 is 0 Å². The van der Waals surface area contributed by atoms with Crippen LogP contribution in [0.15, 0.2) is 187 Å². The van der Waals surface area contributed by atoms with Crippen LogP contribution in [0.2, 0.25) is 0 Å². The largest absolute Gasteiger partial charge is 0.309 e. The van der Waals surface area contributed by atoms with Crippen molar-refractivity contribution in [2.24, 2.45) is 0 Å². The Hall–Kier alpha value is -6.84. The molecule has 0 atom stereocenters. The summed E-state index contributed by atoms with van der Waals surface area (Å²) >= 11 is 0. The quantitative estimate of drug-likeness (QED) is 0.176. The molecule has 3 heteroatoms. The minimum atomic E-state index is -1.06. The molecule has 11 aromatic rings. The van der Waals surface area contributed by atoms with Crippen molar-refractivity contribution in [3.63, 3.8) is 0 Å². The van der Waals surface area contributed by atoms with Gasteiger partial charge in [-0.15, -0.1) is 0 Å². The maximum Gasteiger partial charge on any atom is 0.0652 e. The van der Waals surface area contributed by atoms with Crippen LogP contribution in [-0.4, -0.2) is 13.7 Å². The minimum Gasteiger partial charge on any atom is -0.309 e. The normalized spacial score (nSPS) is 20.2. The van der Waals surface area contributed by atoms with E-state index in [4.69, 9.17) is 26.0 Å². The summed E-state index contributed by atoms with van der Waals surface area (Å²) in [4.78, 5) is 0. The smallest absolute Gasteiger partial charge is 0.0652 e. The number of hydrogen-bond acceptors (Lipinski definition) is 0. The van der Waals surface area contributed by atoms with Crippen LogP contribution in [-0.2, 0) is 0 Å². The Morgan fingerprint density at radius 3 is 1.29 bits per heavy atom. The molecule has 0 N–H and O–H groups in total. The van der Waals surface area contributed by atoms with Crippen LogP contribution in [0.4, 0.5) is 0 Å².